The fourth-order valence-corrected chi connectivity index (χ4v) is 4.27. The Kier molecular flexibility index (Phi) is 8.13. The number of amides is 2. The van der Waals surface area contributed by atoms with Crippen LogP contribution in [0.3, 0.4) is 0 Å². The standard InChI is InChI=1S/C25H31BrN2O3/c1-17(2)16-31-23-14-13-18(15-21(23)26)25(30)28(3)22-12-8-7-11-20(22)24(29)27-19-9-5-4-6-10-19/h7-8,11-15,17,19H,4-6,9-10,16H2,1-3H3,(H,27,29). The Morgan fingerprint density at radius 2 is 1.84 bits per heavy atom. The van der Waals surface area contributed by atoms with Crippen molar-refractivity contribution in [3.05, 3.63) is 58.1 Å². The molecule has 0 heterocycles. The van der Waals surface area contributed by atoms with Crippen LogP contribution in [0.2, 0.25) is 0 Å². The maximum Gasteiger partial charge on any atom is 0.258 e. The monoisotopic (exact) mass is 486 g/mol. The van der Waals surface area contributed by atoms with Gasteiger partial charge in [0.1, 0.15) is 5.75 Å². The van der Waals surface area contributed by atoms with Crippen LogP contribution in [0.25, 0.3) is 0 Å². The van der Waals surface area contributed by atoms with E-state index >= 15 is 0 Å². The number of carbonyl (C=O) groups is 2. The molecule has 5 nitrogen and oxygen atoms in total. The second-order valence-electron chi connectivity index (χ2n) is 8.54. The SMILES string of the molecule is CC(C)COc1ccc(C(=O)N(C)c2ccccc2C(=O)NC2CCCCC2)cc1Br. The fourth-order valence-electron chi connectivity index (χ4n) is 3.78. The highest BCUT2D eigenvalue weighted by Crippen LogP contribution is 2.28. The first-order valence-corrected chi connectivity index (χ1v) is 11.8. The molecule has 0 radical (unpaired) electrons. The average molecular weight is 487 g/mol. The highest BCUT2D eigenvalue weighted by Gasteiger charge is 2.22. The molecule has 2 amide bonds. The van der Waals surface area contributed by atoms with Gasteiger partial charge in [-0.1, -0.05) is 45.2 Å². The smallest absolute Gasteiger partial charge is 0.258 e. The Morgan fingerprint density at radius 1 is 1.13 bits per heavy atom. The maximum absolute atomic E-state index is 13.2. The summed E-state index contributed by atoms with van der Waals surface area (Å²) in [7, 11) is 1.70. The summed E-state index contributed by atoms with van der Waals surface area (Å²) >= 11 is 3.50. The first-order valence-electron chi connectivity index (χ1n) is 11.0. The van der Waals surface area contributed by atoms with Crippen molar-refractivity contribution >= 4 is 33.4 Å². The van der Waals surface area contributed by atoms with Crippen molar-refractivity contribution in [2.45, 2.75) is 52.0 Å². The maximum atomic E-state index is 13.2. The molecular formula is C25H31BrN2O3. The molecule has 0 atom stereocenters. The summed E-state index contributed by atoms with van der Waals surface area (Å²) in [5.41, 5.74) is 1.63. The molecule has 2 aromatic rings. The van der Waals surface area contributed by atoms with Crippen molar-refractivity contribution in [3.8, 4) is 5.75 Å². The Hall–Kier alpha value is -2.34. The lowest BCUT2D eigenvalue weighted by Gasteiger charge is -2.25. The minimum absolute atomic E-state index is 0.124. The van der Waals surface area contributed by atoms with Gasteiger partial charge in [0, 0.05) is 18.7 Å². The van der Waals surface area contributed by atoms with Crippen molar-refractivity contribution in [3.63, 3.8) is 0 Å². The Bertz CT molecular complexity index is 923. The average Bonchev–Trinajstić information content (AvgIpc) is 2.77. The van der Waals surface area contributed by atoms with Crippen molar-refractivity contribution in [1.82, 2.24) is 5.32 Å². The summed E-state index contributed by atoms with van der Waals surface area (Å²) in [5, 5.41) is 3.15. The molecule has 1 saturated carbocycles. The molecule has 31 heavy (non-hydrogen) atoms. The minimum Gasteiger partial charge on any atom is -0.492 e. The van der Waals surface area contributed by atoms with Crippen LogP contribution in [0.1, 0.15) is 66.7 Å². The molecule has 1 fully saturated rings. The van der Waals surface area contributed by atoms with Gasteiger partial charge in [-0.25, -0.2) is 0 Å². The summed E-state index contributed by atoms with van der Waals surface area (Å²) in [4.78, 5) is 27.7. The van der Waals surface area contributed by atoms with Crippen LogP contribution in [0.4, 0.5) is 5.69 Å². The van der Waals surface area contributed by atoms with E-state index in [2.05, 4.69) is 35.1 Å². The van der Waals surface area contributed by atoms with Gasteiger partial charge in [-0.3, -0.25) is 9.59 Å². The summed E-state index contributed by atoms with van der Waals surface area (Å²) in [6.07, 6.45) is 5.56. The van der Waals surface area contributed by atoms with Crippen LogP contribution in [-0.4, -0.2) is 31.5 Å². The van der Waals surface area contributed by atoms with Gasteiger partial charge in [0.25, 0.3) is 11.8 Å². The van der Waals surface area contributed by atoms with Crippen LogP contribution in [0.5, 0.6) is 5.75 Å². The zero-order valence-electron chi connectivity index (χ0n) is 18.5. The lowest BCUT2D eigenvalue weighted by Crippen LogP contribution is -2.37. The van der Waals surface area contributed by atoms with Crippen molar-refractivity contribution in [1.29, 1.82) is 0 Å². The molecule has 0 aliphatic heterocycles. The molecule has 1 aliphatic rings. The second kappa shape index (κ2) is 10.8. The molecule has 166 valence electrons. The quantitative estimate of drug-likeness (QED) is 0.535. The summed E-state index contributed by atoms with van der Waals surface area (Å²) in [6.45, 7) is 4.78. The van der Waals surface area contributed by atoms with Gasteiger partial charge in [0.2, 0.25) is 0 Å². The summed E-state index contributed by atoms with van der Waals surface area (Å²) in [6, 6.07) is 12.8. The number of hydrogen-bond acceptors (Lipinski definition) is 3. The van der Waals surface area contributed by atoms with Gasteiger partial charge < -0.3 is 15.0 Å². The number of anilines is 1. The minimum atomic E-state index is -0.186. The molecule has 2 aromatic carbocycles. The van der Waals surface area contributed by atoms with E-state index in [0.29, 0.717) is 35.1 Å². The molecular weight excluding hydrogens is 456 g/mol. The first kappa shape index (κ1) is 23.3. The highest BCUT2D eigenvalue weighted by molar-refractivity contribution is 9.10. The topological polar surface area (TPSA) is 58.6 Å². The van der Waals surface area contributed by atoms with E-state index in [1.54, 1.807) is 31.3 Å². The number of benzene rings is 2. The molecule has 0 saturated heterocycles. The number of hydrogen-bond donors (Lipinski definition) is 1. The van der Waals surface area contributed by atoms with Crippen LogP contribution in [0, 0.1) is 5.92 Å². The van der Waals surface area contributed by atoms with Gasteiger partial charge in [0.15, 0.2) is 0 Å². The van der Waals surface area contributed by atoms with Gasteiger partial charge in [-0.2, -0.15) is 0 Å². The van der Waals surface area contributed by atoms with E-state index < -0.39 is 0 Å². The van der Waals surface area contributed by atoms with E-state index in [9.17, 15) is 9.59 Å². The molecule has 6 heteroatoms. The number of halogens is 1. The van der Waals surface area contributed by atoms with Gasteiger partial charge in [0.05, 0.1) is 22.3 Å². The van der Waals surface area contributed by atoms with E-state index in [4.69, 9.17) is 4.74 Å². The number of rotatable bonds is 7. The largest absolute Gasteiger partial charge is 0.492 e. The zero-order chi connectivity index (χ0) is 22.4. The summed E-state index contributed by atoms with van der Waals surface area (Å²) in [5.74, 6) is 0.811. The Balaban J connectivity index is 1.76. The third-order valence-corrected chi connectivity index (χ3v) is 6.13. The lowest BCUT2D eigenvalue weighted by molar-refractivity contribution is 0.0928. The van der Waals surface area contributed by atoms with Crippen LogP contribution in [-0.2, 0) is 0 Å². The van der Waals surface area contributed by atoms with Crippen LogP contribution < -0.4 is 15.0 Å². The lowest BCUT2D eigenvalue weighted by atomic mass is 9.95. The Labute approximate surface area is 193 Å². The van der Waals surface area contributed by atoms with Crippen LogP contribution in [0.15, 0.2) is 46.9 Å². The molecule has 1 aliphatic carbocycles. The van der Waals surface area contributed by atoms with E-state index in [-0.39, 0.29) is 17.9 Å². The number of nitrogens with zero attached hydrogens (tertiary/aromatic N) is 1. The van der Waals surface area contributed by atoms with Gasteiger partial charge >= 0.3 is 0 Å². The molecule has 0 bridgehead atoms. The van der Waals surface area contributed by atoms with E-state index in [1.165, 1.54) is 11.3 Å². The van der Waals surface area contributed by atoms with Crippen molar-refractivity contribution in [2.24, 2.45) is 5.92 Å². The van der Waals surface area contributed by atoms with Crippen LogP contribution >= 0.6 is 15.9 Å². The molecule has 1 N–H and O–H groups in total. The number of nitrogens with one attached hydrogen (secondary N) is 1. The Morgan fingerprint density at radius 3 is 2.52 bits per heavy atom. The van der Waals surface area contributed by atoms with Crippen molar-refractivity contribution in [2.75, 3.05) is 18.6 Å². The first-order chi connectivity index (χ1) is 14.9. The third-order valence-electron chi connectivity index (χ3n) is 5.51. The molecule has 0 spiro atoms. The number of carbonyl (C=O) groups excluding carboxylic acids is 2. The van der Waals surface area contributed by atoms with Gasteiger partial charge in [-0.05, 0) is 65.0 Å². The van der Waals surface area contributed by atoms with E-state index in [0.717, 1.165) is 30.2 Å². The predicted molar refractivity (Wildman–Crippen MR) is 128 cm³/mol. The predicted octanol–water partition coefficient (Wildman–Crippen LogP) is 5.82. The normalized spacial score (nSPS) is 14.4. The fraction of sp³-hybridized carbons (Fsp3) is 0.440. The summed E-state index contributed by atoms with van der Waals surface area (Å²) < 4.78 is 6.51. The molecule has 0 aromatic heterocycles. The van der Waals surface area contributed by atoms with E-state index in [1.807, 2.05) is 18.2 Å². The highest BCUT2D eigenvalue weighted by atomic mass is 79.9. The van der Waals surface area contributed by atoms with Gasteiger partial charge in [-0.15, -0.1) is 0 Å². The number of para-hydroxylation sites is 1. The second-order valence-corrected chi connectivity index (χ2v) is 9.39. The number of ether oxygens (including phenoxy) is 1. The van der Waals surface area contributed by atoms with Crippen molar-refractivity contribution < 1.29 is 14.3 Å². The molecule has 0 unspecified atom stereocenters. The zero-order valence-corrected chi connectivity index (χ0v) is 20.1. The molecule has 3 rings (SSSR count). The third kappa shape index (κ3) is 6.10.